The summed E-state index contributed by atoms with van der Waals surface area (Å²) in [6.07, 6.45) is 1.47. The molecule has 0 saturated heterocycles. The number of carbonyl (C=O) groups is 1. The van der Waals surface area contributed by atoms with E-state index in [0.717, 1.165) is 6.42 Å². The van der Waals surface area contributed by atoms with Crippen LogP contribution in [0.25, 0.3) is 0 Å². The van der Waals surface area contributed by atoms with Gasteiger partial charge in [-0.1, -0.05) is 45.0 Å². The highest BCUT2D eigenvalue weighted by Gasteiger charge is 2.26. The Balaban J connectivity index is 2.68. The molecule has 1 aromatic rings. The number of hydrogen-bond donors (Lipinski definition) is 1. The number of aliphatic carboxylic acids is 1. The topological polar surface area (TPSA) is 37.3 Å². The molecule has 0 bridgehead atoms. The van der Waals surface area contributed by atoms with Crippen molar-refractivity contribution in [2.75, 3.05) is 0 Å². The largest absolute Gasteiger partial charge is 0.481 e. The van der Waals surface area contributed by atoms with E-state index >= 15 is 0 Å². The van der Waals surface area contributed by atoms with Crippen molar-refractivity contribution in [3.8, 4) is 0 Å². The number of rotatable bonds is 4. The molecule has 2 heteroatoms. The Labute approximate surface area is 110 Å². The Hall–Kier alpha value is -1.31. The van der Waals surface area contributed by atoms with E-state index in [9.17, 15) is 4.79 Å². The number of aryl methyl sites for hydroxylation is 1. The van der Waals surface area contributed by atoms with Gasteiger partial charge in [-0.2, -0.15) is 0 Å². The molecule has 100 valence electrons. The summed E-state index contributed by atoms with van der Waals surface area (Å²) >= 11 is 0. The highest BCUT2D eigenvalue weighted by atomic mass is 16.4. The fraction of sp³-hybridized carbons (Fsp3) is 0.562. The zero-order valence-corrected chi connectivity index (χ0v) is 12.1. The Morgan fingerprint density at radius 2 is 1.56 bits per heavy atom. The van der Waals surface area contributed by atoms with Crippen LogP contribution in [-0.4, -0.2) is 11.1 Å². The average molecular weight is 248 g/mol. The SMILES string of the molecule is CC(C)(CCc1ccc(C(C)(C)C)cc1)C(=O)O. The van der Waals surface area contributed by atoms with Crippen LogP contribution in [-0.2, 0) is 16.6 Å². The number of carboxylic acid groups (broad SMARTS) is 1. The van der Waals surface area contributed by atoms with Crippen LogP contribution in [0, 0.1) is 5.41 Å². The molecule has 0 aliphatic heterocycles. The first-order valence-corrected chi connectivity index (χ1v) is 6.46. The predicted octanol–water partition coefficient (Wildman–Crippen LogP) is 4.03. The molecule has 0 fully saturated rings. The first-order chi connectivity index (χ1) is 8.13. The third-order valence-corrected chi connectivity index (χ3v) is 3.44. The highest BCUT2D eigenvalue weighted by molar-refractivity contribution is 5.73. The monoisotopic (exact) mass is 248 g/mol. The van der Waals surface area contributed by atoms with Crippen molar-refractivity contribution in [3.63, 3.8) is 0 Å². The fourth-order valence-electron chi connectivity index (χ4n) is 1.74. The molecule has 1 aromatic carbocycles. The summed E-state index contributed by atoms with van der Waals surface area (Å²) in [5, 5.41) is 9.07. The second-order valence-electron chi connectivity index (χ2n) is 6.64. The molecule has 18 heavy (non-hydrogen) atoms. The van der Waals surface area contributed by atoms with E-state index in [2.05, 4.69) is 45.0 Å². The summed E-state index contributed by atoms with van der Waals surface area (Å²) in [6.45, 7) is 10.1. The molecule has 2 nitrogen and oxygen atoms in total. The van der Waals surface area contributed by atoms with Gasteiger partial charge in [-0.05, 0) is 43.2 Å². The van der Waals surface area contributed by atoms with Gasteiger partial charge in [0.2, 0.25) is 0 Å². The minimum Gasteiger partial charge on any atom is -0.481 e. The van der Waals surface area contributed by atoms with Crippen LogP contribution in [0.1, 0.15) is 52.2 Å². The number of hydrogen-bond acceptors (Lipinski definition) is 1. The van der Waals surface area contributed by atoms with Crippen LogP contribution in [0.5, 0.6) is 0 Å². The van der Waals surface area contributed by atoms with Gasteiger partial charge in [0, 0.05) is 0 Å². The van der Waals surface area contributed by atoms with Gasteiger partial charge in [-0.15, -0.1) is 0 Å². The maximum absolute atomic E-state index is 11.0. The van der Waals surface area contributed by atoms with E-state index in [4.69, 9.17) is 5.11 Å². The predicted molar refractivity (Wildman–Crippen MR) is 74.9 cm³/mol. The van der Waals surface area contributed by atoms with Crippen LogP contribution >= 0.6 is 0 Å². The molecule has 0 saturated carbocycles. The van der Waals surface area contributed by atoms with Gasteiger partial charge in [-0.3, -0.25) is 4.79 Å². The smallest absolute Gasteiger partial charge is 0.309 e. The van der Waals surface area contributed by atoms with Gasteiger partial charge < -0.3 is 5.11 Å². The van der Waals surface area contributed by atoms with Crippen molar-refractivity contribution < 1.29 is 9.90 Å². The molecule has 0 aliphatic rings. The Morgan fingerprint density at radius 1 is 1.06 bits per heavy atom. The van der Waals surface area contributed by atoms with Gasteiger partial charge in [0.15, 0.2) is 0 Å². The van der Waals surface area contributed by atoms with E-state index in [1.54, 1.807) is 13.8 Å². The van der Waals surface area contributed by atoms with Crippen molar-refractivity contribution >= 4 is 5.97 Å². The summed E-state index contributed by atoms with van der Waals surface area (Å²) < 4.78 is 0. The van der Waals surface area contributed by atoms with Crippen molar-refractivity contribution in [2.24, 2.45) is 5.41 Å². The molecule has 0 unspecified atom stereocenters. The van der Waals surface area contributed by atoms with Crippen molar-refractivity contribution in [2.45, 2.75) is 52.9 Å². The lowest BCUT2D eigenvalue weighted by Gasteiger charge is -2.21. The normalized spacial score (nSPS) is 12.5. The third-order valence-electron chi connectivity index (χ3n) is 3.44. The van der Waals surface area contributed by atoms with Gasteiger partial charge >= 0.3 is 5.97 Å². The molecule has 0 aromatic heterocycles. The van der Waals surface area contributed by atoms with E-state index in [1.807, 2.05) is 0 Å². The third kappa shape index (κ3) is 3.86. The van der Waals surface area contributed by atoms with Gasteiger partial charge in [0.05, 0.1) is 5.41 Å². The maximum Gasteiger partial charge on any atom is 0.309 e. The number of carboxylic acids is 1. The average Bonchev–Trinajstić information content (AvgIpc) is 2.25. The van der Waals surface area contributed by atoms with Crippen LogP contribution in [0.2, 0.25) is 0 Å². The molecular formula is C16H24O2. The second kappa shape index (κ2) is 5.13. The molecule has 0 radical (unpaired) electrons. The molecule has 1 rings (SSSR count). The first-order valence-electron chi connectivity index (χ1n) is 6.46. The summed E-state index contributed by atoms with van der Waals surface area (Å²) in [5.74, 6) is -0.728. The molecule has 0 atom stereocenters. The Kier molecular flexibility index (Phi) is 4.20. The first kappa shape index (κ1) is 14.7. The summed E-state index contributed by atoms with van der Waals surface area (Å²) in [6, 6.07) is 8.50. The standard InChI is InChI=1S/C16H24O2/c1-15(2,3)13-8-6-12(7-9-13)10-11-16(4,5)14(17)18/h6-9H,10-11H2,1-5H3,(H,17,18). The van der Waals surface area contributed by atoms with Gasteiger partial charge in [0.25, 0.3) is 0 Å². The van der Waals surface area contributed by atoms with Crippen molar-refractivity contribution in [3.05, 3.63) is 35.4 Å². The second-order valence-corrected chi connectivity index (χ2v) is 6.64. The summed E-state index contributed by atoms with van der Waals surface area (Å²) in [5.41, 5.74) is 2.03. The van der Waals surface area contributed by atoms with E-state index in [0.29, 0.717) is 6.42 Å². The van der Waals surface area contributed by atoms with Crippen LogP contribution < -0.4 is 0 Å². The van der Waals surface area contributed by atoms with Crippen molar-refractivity contribution in [1.82, 2.24) is 0 Å². The van der Waals surface area contributed by atoms with Crippen molar-refractivity contribution in [1.29, 1.82) is 0 Å². The minimum absolute atomic E-state index is 0.166. The number of benzene rings is 1. The van der Waals surface area contributed by atoms with Gasteiger partial charge in [-0.25, -0.2) is 0 Å². The van der Waals surface area contributed by atoms with Crippen LogP contribution in [0.4, 0.5) is 0 Å². The molecule has 0 spiro atoms. The van der Waals surface area contributed by atoms with Crippen LogP contribution in [0.15, 0.2) is 24.3 Å². The van der Waals surface area contributed by atoms with E-state index in [-0.39, 0.29) is 5.41 Å². The Morgan fingerprint density at radius 3 is 1.94 bits per heavy atom. The Bertz CT molecular complexity index is 408. The lowest BCUT2D eigenvalue weighted by Crippen LogP contribution is -2.24. The van der Waals surface area contributed by atoms with Crippen LogP contribution in [0.3, 0.4) is 0 Å². The minimum atomic E-state index is -0.728. The molecule has 0 aliphatic carbocycles. The molecule has 0 heterocycles. The fourth-order valence-corrected chi connectivity index (χ4v) is 1.74. The van der Waals surface area contributed by atoms with E-state index < -0.39 is 11.4 Å². The molecular weight excluding hydrogens is 224 g/mol. The molecule has 0 amide bonds. The highest BCUT2D eigenvalue weighted by Crippen LogP contribution is 2.25. The van der Waals surface area contributed by atoms with E-state index in [1.165, 1.54) is 11.1 Å². The zero-order valence-electron chi connectivity index (χ0n) is 12.1. The molecule has 1 N–H and O–H groups in total. The summed E-state index contributed by atoms with van der Waals surface area (Å²) in [7, 11) is 0. The summed E-state index contributed by atoms with van der Waals surface area (Å²) in [4.78, 5) is 11.0. The quantitative estimate of drug-likeness (QED) is 0.873. The zero-order chi connectivity index (χ0) is 14.0. The van der Waals surface area contributed by atoms with Gasteiger partial charge in [0.1, 0.15) is 0 Å². The lowest BCUT2D eigenvalue weighted by atomic mass is 9.84. The maximum atomic E-state index is 11.0. The lowest BCUT2D eigenvalue weighted by molar-refractivity contribution is -0.147.